The zero-order valence-corrected chi connectivity index (χ0v) is 14.6. The van der Waals surface area contributed by atoms with Gasteiger partial charge in [0, 0.05) is 24.4 Å². The topological polar surface area (TPSA) is 90.7 Å². The summed E-state index contributed by atoms with van der Waals surface area (Å²) in [5.74, 6) is 0. The largest absolute Gasteiger partial charge is 0.465 e. The highest BCUT2D eigenvalue weighted by Crippen LogP contribution is 2.49. The molecule has 3 rings (SSSR count). The van der Waals surface area contributed by atoms with Crippen LogP contribution in [0.4, 0.5) is 4.79 Å². The average molecular weight is 332 g/mol. The first kappa shape index (κ1) is 16.5. The maximum Gasteiger partial charge on any atom is 0.408 e. The number of aromatic nitrogens is 3. The van der Waals surface area contributed by atoms with Crippen LogP contribution in [0.1, 0.15) is 51.4 Å². The minimum absolute atomic E-state index is 0.214. The first-order valence-electron chi connectivity index (χ1n) is 8.27. The van der Waals surface area contributed by atoms with Crippen LogP contribution in [0.25, 0.3) is 5.65 Å². The number of likely N-dealkylation sites (tertiary alicyclic amines) is 1. The molecule has 2 aromatic heterocycles. The molecule has 0 bridgehead atoms. The number of fused-ring (bicyclic) bond motifs is 1. The van der Waals surface area contributed by atoms with Crippen molar-refractivity contribution in [2.24, 2.45) is 5.41 Å². The van der Waals surface area contributed by atoms with Crippen molar-refractivity contribution in [3.05, 3.63) is 33.9 Å². The Balaban J connectivity index is 2.29. The number of H-pyrrole nitrogens is 1. The van der Waals surface area contributed by atoms with Crippen molar-refractivity contribution in [1.82, 2.24) is 19.5 Å². The molecule has 24 heavy (non-hydrogen) atoms. The Bertz CT molecular complexity index is 846. The normalized spacial score (nSPS) is 22.1. The number of carboxylic acid groups (broad SMARTS) is 1. The SMILES string of the molecule is Cc1cc(=O)n2nc(C3(C(C)(C)C)CCCCN3C(=O)O)cc2[nH]1. The summed E-state index contributed by atoms with van der Waals surface area (Å²) < 4.78 is 1.32. The second-order valence-electron chi connectivity index (χ2n) is 7.62. The molecule has 1 amide bonds. The molecule has 7 heteroatoms. The molecule has 0 aliphatic carbocycles. The van der Waals surface area contributed by atoms with Crippen LogP contribution in [0.3, 0.4) is 0 Å². The van der Waals surface area contributed by atoms with Crippen LogP contribution in [0.5, 0.6) is 0 Å². The van der Waals surface area contributed by atoms with Gasteiger partial charge in [0.05, 0.1) is 11.2 Å². The molecule has 1 unspecified atom stereocenters. The van der Waals surface area contributed by atoms with E-state index in [1.807, 2.05) is 33.8 Å². The van der Waals surface area contributed by atoms with E-state index in [0.717, 1.165) is 18.5 Å². The molecule has 0 saturated carbocycles. The van der Waals surface area contributed by atoms with E-state index in [2.05, 4.69) is 10.1 Å². The summed E-state index contributed by atoms with van der Waals surface area (Å²) in [6.07, 6.45) is 1.53. The molecule has 3 heterocycles. The summed E-state index contributed by atoms with van der Waals surface area (Å²) in [6, 6.07) is 3.31. The van der Waals surface area contributed by atoms with E-state index in [9.17, 15) is 14.7 Å². The van der Waals surface area contributed by atoms with Gasteiger partial charge in [0.25, 0.3) is 5.56 Å². The average Bonchev–Trinajstić information content (AvgIpc) is 2.90. The maximum absolute atomic E-state index is 12.2. The van der Waals surface area contributed by atoms with Gasteiger partial charge < -0.3 is 10.1 Å². The quantitative estimate of drug-likeness (QED) is 0.840. The first-order chi connectivity index (χ1) is 11.2. The molecule has 1 aliphatic heterocycles. The zero-order valence-electron chi connectivity index (χ0n) is 14.6. The summed E-state index contributed by atoms with van der Waals surface area (Å²) in [6.45, 7) is 8.40. The van der Waals surface area contributed by atoms with Crippen molar-refractivity contribution in [2.75, 3.05) is 6.54 Å². The molecular weight excluding hydrogens is 308 g/mol. The van der Waals surface area contributed by atoms with Gasteiger partial charge in [0.15, 0.2) is 0 Å². The number of hydrogen-bond acceptors (Lipinski definition) is 3. The monoisotopic (exact) mass is 332 g/mol. The Hall–Kier alpha value is -2.31. The first-order valence-corrected chi connectivity index (χ1v) is 8.27. The third kappa shape index (κ3) is 2.30. The fourth-order valence-electron chi connectivity index (χ4n) is 3.99. The van der Waals surface area contributed by atoms with E-state index >= 15 is 0 Å². The summed E-state index contributed by atoms with van der Waals surface area (Å²) in [4.78, 5) is 28.8. The Labute approximate surface area is 140 Å². The summed E-state index contributed by atoms with van der Waals surface area (Å²) >= 11 is 0. The lowest BCUT2D eigenvalue weighted by molar-refractivity contribution is -0.0324. The molecule has 1 saturated heterocycles. The second kappa shape index (κ2) is 5.36. The Kier molecular flexibility index (Phi) is 3.69. The number of nitrogens with zero attached hydrogens (tertiary/aromatic N) is 3. The predicted molar refractivity (Wildman–Crippen MR) is 90.3 cm³/mol. The molecular formula is C17H24N4O3. The molecule has 2 N–H and O–H groups in total. The summed E-state index contributed by atoms with van der Waals surface area (Å²) in [7, 11) is 0. The lowest BCUT2D eigenvalue weighted by atomic mass is 9.66. The van der Waals surface area contributed by atoms with Crippen LogP contribution in [0, 0.1) is 12.3 Å². The molecule has 7 nitrogen and oxygen atoms in total. The fourth-order valence-corrected chi connectivity index (χ4v) is 3.99. The van der Waals surface area contributed by atoms with Crippen molar-refractivity contribution < 1.29 is 9.90 Å². The maximum atomic E-state index is 12.2. The third-order valence-electron chi connectivity index (χ3n) is 5.11. The zero-order chi connectivity index (χ0) is 17.7. The number of amides is 1. The van der Waals surface area contributed by atoms with E-state index in [-0.39, 0.29) is 11.0 Å². The number of aryl methyl sites for hydroxylation is 1. The highest BCUT2D eigenvalue weighted by Gasteiger charge is 2.53. The van der Waals surface area contributed by atoms with Gasteiger partial charge in [-0.05, 0) is 31.6 Å². The Morgan fingerprint density at radius 2 is 2.04 bits per heavy atom. The van der Waals surface area contributed by atoms with Crippen LogP contribution >= 0.6 is 0 Å². The van der Waals surface area contributed by atoms with Gasteiger partial charge in [-0.1, -0.05) is 20.8 Å². The molecule has 1 aliphatic rings. The van der Waals surface area contributed by atoms with Crippen molar-refractivity contribution in [1.29, 1.82) is 0 Å². The van der Waals surface area contributed by atoms with E-state index in [4.69, 9.17) is 0 Å². The third-order valence-corrected chi connectivity index (χ3v) is 5.11. The minimum atomic E-state index is -0.941. The number of rotatable bonds is 1. The highest BCUT2D eigenvalue weighted by molar-refractivity contribution is 5.67. The molecule has 2 aromatic rings. The van der Waals surface area contributed by atoms with Gasteiger partial charge >= 0.3 is 6.09 Å². The number of carbonyl (C=O) groups is 1. The predicted octanol–water partition coefficient (Wildman–Crippen LogP) is 2.74. The van der Waals surface area contributed by atoms with Gasteiger partial charge in [-0.25, -0.2) is 4.79 Å². The Morgan fingerprint density at radius 3 is 2.67 bits per heavy atom. The number of hydrogen-bond donors (Lipinski definition) is 2. The minimum Gasteiger partial charge on any atom is -0.465 e. The molecule has 0 radical (unpaired) electrons. The summed E-state index contributed by atoms with van der Waals surface area (Å²) in [5, 5.41) is 14.3. The summed E-state index contributed by atoms with van der Waals surface area (Å²) in [5.41, 5.74) is 0.654. The second-order valence-corrected chi connectivity index (χ2v) is 7.62. The van der Waals surface area contributed by atoms with Crippen LogP contribution in [0.15, 0.2) is 16.9 Å². The van der Waals surface area contributed by atoms with Crippen LogP contribution < -0.4 is 5.56 Å². The Morgan fingerprint density at radius 1 is 1.33 bits per heavy atom. The van der Waals surface area contributed by atoms with E-state index < -0.39 is 11.6 Å². The number of nitrogens with one attached hydrogen (secondary N) is 1. The molecule has 0 spiro atoms. The standard InChI is InChI=1S/C17H24N4O3/c1-11-9-14(22)21-13(18-11)10-12(19-21)17(16(2,3)4)7-5-6-8-20(17)15(23)24/h9-10,18H,5-8H2,1-4H3,(H,23,24). The van der Waals surface area contributed by atoms with Crippen LogP contribution in [-0.4, -0.2) is 37.2 Å². The van der Waals surface area contributed by atoms with Crippen LogP contribution in [-0.2, 0) is 5.54 Å². The van der Waals surface area contributed by atoms with Crippen molar-refractivity contribution in [2.45, 2.75) is 52.5 Å². The van der Waals surface area contributed by atoms with Crippen molar-refractivity contribution in [3.63, 3.8) is 0 Å². The van der Waals surface area contributed by atoms with E-state index in [1.54, 1.807) is 0 Å². The van der Waals surface area contributed by atoms with Gasteiger partial charge in [0.2, 0.25) is 0 Å². The van der Waals surface area contributed by atoms with E-state index in [0.29, 0.717) is 24.3 Å². The molecule has 0 aromatic carbocycles. The highest BCUT2D eigenvalue weighted by atomic mass is 16.4. The lowest BCUT2D eigenvalue weighted by Crippen LogP contribution is -2.59. The number of piperidine rings is 1. The van der Waals surface area contributed by atoms with Gasteiger partial charge in [-0.15, -0.1) is 0 Å². The number of aromatic amines is 1. The fraction of sp³-hybridized carbons (Fsp3) is 0.588. The van der Waals surface area contributed by atoms with Crippen LogP contribution in [0.2, 0.25) is 0 Å². The molecule has 1 fully saturated rings. The smallest absolute Gasteiger partial charge is 0.408 e. The van der Waals surface area contributed by atoms with Crippen molar-refractivity contribution in [3.8, 4) is 0 Å². The van der Waals surface area contributed by atoms with Crippen molar-refractivity contribution >= 4 is 11.7 Å². The molecule has 1 atom stereocenters. The van der Waals surface area contributed by atoms with Gasteiger partial charge in [-0.3, -0.25) is 9.69 Å². The van der Waals surface area contributed by atoms with Gasteiger partial charge in [0.1, 0.15) is 5.65 Å². The molecule has 130 valence electrons. The lowest BCUT2D eigenvalue weighted by Gasteiger charge is -2.52. The van der Waals surface area contributed by atoms with Gasteiger partial charge in [-0.2, -0.15) is 9.61 Å². The van der Waals surface area contributed by atoms with E-state index in [1.165, 1.54) is 15.5 Å².